The van der Waals surface area contributed by atoms with Gasteiger partial charge in [0.25, 0.3) is 5.91 Å². The van der Waals surface area contributed by atoms with Gasteiger partial charge in [-0.05, 0) is 37.0 Å². The molecule has 2 aliphatic rings. The molecule has 0 unspecified atom stereocenters. The number of carbonyl (C=O) groups excluding carboxylic acids is 1. The summed E-state index contributed by atoms with van der Waals surface area (Å²) in [6.07, 6.45) is 5.34. The van der Waals surface area contributed by atoms with Gasteiger partial charge in [-0.2, -0.15) is 5.10 Å². The van der Waals surface area contributed by atoms with Crippen LogP contribution in [0.25, 0.3) is 0 Å². The van der Waals surface area contributed by atoms with E-state index in [-0.39, 0.29) is 11.5 Å². The highest BCUT2D eigenvalue weighted by Gasteiger charge is 2.54. The van der Waals surface area contributed by atoms with Crippen LogP contribution in [0.2, 0.25) is 0 Å². The molecule has 25 heavy (non-hydrogen) atoms. The zero-order chi connectivity index (χ0) is 17.1. The van der Waals surface area contributed by atoms with Crippen LogP contribution in [0, 0.1) is 5.92 Å². The van der Waals surface area contributed by atoms with E-state index < -0.39 is 0 Å². The van der Waals surface area contributed by atoms with Crippen LogP contribution >= 0.6 is 0 Å². The summed E-state index contributed by atoms with van der Waals surface area (Å²) in [7, 11) is 0. The van der Waals surface area contributed by atoms with E-state index in [2.05, 4.69) is 15.2 Å². The first-order valence-corrected chi connectivity index (χ1v) is 8.67. The molecule has 2 saturated heterocycles. The second-order valence-corrected chi connectivity index (χ2v) is 6.69. The fourth-order valence-electron chi connectivity index (χ4n) is 3.72. The number of amides is 1. The summed E-state index contributed by atoms with van der Waals surface area (Å²) >= 11 is 0. The van der Waals surface area contributed by atoms with Gasteiger partial charge in [-0.15, -0.1) is 0 Å². The molecule has 7 nitrogen and oxygen atoms in total. The minimum absolute atomic E-state index is 0.0104. The number of H-pyrrole nitrogens is 1. The number of aromatic nitrogens is 3. The van der Waals surface area contributed by atoms with Gasteiger partial charge in [0, 0.05) is 25.6 Å². The number of likely N-dealkylation sites (tertiary alicyclic amines) is 1. The first kappa shape index (κ1) is 16.2. The first-order chi connectivity index (χ1) is 12.3. The topological polar surface area (TPSA) is 80.3 Å². The number of rotatable bonds is 6. The van der Waals surface area contributed by atoms with Crippen LogP contribution in [-0.4, -0.2) is 57.9 Å². The van der Waals surface area contributed by atoms with Gasteiger partial charge >= 0.3 is 0 Å². The molecule has 1 amide bonds. The quantitative estimate of drug-likeness (QED) is 0.807. The molecule has 132 valence electrons. The number of aromatic amines is 1. The van der Waals surface area contributed by atoms with E-state index in [4.69, 9.17) is 9.47 Å². The highest BCUT2D eigenvalue weighted by Crippen LogP contribution is 2.42. The van der Waals surface area contributed by atoms with Crippen molar-refractivity contribution in [2.45, 2.75) is 25.0 Å². The normalized spacial score (nSPS) is 21.4. The van der Waals surface area contributed by atoms with Gasteiger partial charge < -0.3 is 14.4 Å². The lowest BCUT2D eigenvalue weighted by Gasteiger charge is -2.50. The Labute approximate surface area is 146 Å². The second-order valence-electron chi connectivity index (χ2n) is 6.69. The molecular formula is C18H22N4O3. The van der Waals surface area contributed by atoms with Gasteiger partial charge in [-0.3, -0.25) is 14.9 Å². The first-order valence-electron chi connectivity index (χ1n) is 8.67. The van der Waals surface area contributed by atoms with Gasteiger partial charge in [0.05, 0.1) is 25.4 Å². The molecule has 0 aliphatic carbocycles. The molecular weight excluding hydrogens is 320 g/mol. The highest BCUT2D eigenvalue weighted by atomic mass is 16.5. The van der Waals surface area contributed by atoms with Gasteiger partial charge in [-0.25, -0.2) is 0 Å². The average Bonchev–Trinajstić information content (AvgIpc) is 3.27. The minimum Gasteiger partial charge on any atom is -0.375 e. The monoisotopic (exact) mass is 342 g/mol. The molecule has 0 saturated carbocycles. The van der Waals surface area contributed by atoms with Crippen molar-refractivity contribution in [1.29, 1.82) is 0 Å². The third-order valence-electron chi connectivity index (χ3n) is 5.12. The molecule has 0 radical (unpaired) electrons. The summed E-state index contributed by atoms with van der Waals surface area (Å²) in [6.45, 7) is 3.27. The zero-order valence-electron chi connectivity index (χ0n) is 14.1. The Bertz CT molecular complexity index is 698. The molecule has 4 heterocycles. The van der Waals surface area contributed by atoms with Crippen LogP contribution in [0.4, 0.5) is 0 Å². The van der Waals surface area contributed by atoms with Crippen LogP contribution < -0.4 is 0 Å². The van der Waals surface area contributed by atoms with Gasteiger partial charge in [0.2, 0.25) is 0 Å². The Morgan fingerprint density at radius 2 is 2.28 bits per heavy atom. The number of hydrogen-bond acceptors (Lipinski definition) is 5. The summed E-state index contributed by atoms with van der Waals surface area (Å²) in [5.41, 5.74) is 1.28. The van der Waals surface area contributed by atoms with Gasteiger partial charge in [-0.1, -0.05) is 6.07 Å². The number of pyridine rings is 1. The molecule has 0 aromatic carbocycles. The SMILES string of the molecule is O=C(c1ccn[nH]1)N1CC2(C1)OCC[C@@H]2CCOCc1ccccn1. The number of carbonyl (C=O) groups is 1. The Balaban J connectivity index is 1.25. The molecule has 2 aromatic heterocycles. The van der Waals surface area contributed by atoms with E-state index in [0.29, 0.717) is 37.9 Å². The molecule has 2 aromatic rings. The van der Waals surface area contributed by atoms with Gasteiger partial charge in [0.1, 0.15) is 11.3 Å². The van der Waals surface area contributed by atoms with Crippen molar-refractivity contribution in [3.8, 4) is 0 Å². The summed E-state index contributed by atoms with van der Waals surface area (Å²) in [5, 5.41) is 6.56. The van der Waals surface area contributed by atoms with Crippen LogP contribution in [0.3, 0.4) is 0 Å². The van der Waals surface area contributed by atoms with Crippen molar-refractivity contribution in [2.75, 3.05) is 26.3 Å². The molecule has 1 spiro atoms. The van der Waals surface area contributed by atoms with E-state index >= 15 is 0 Å². The predicted octanol–water partition coefficient (Wildman–Crippen LogP) is 1.64. The largest absolute Gasteiger partial charge is 0.375 e. The van der Waals surface area contributed by atoms with Crippen LogP contribution in [0.15, 0.2) is 36.7 Å². The zero-order valence-corrected chi connectivity index (χ0v) is 14.1. The van der Waals surface area contributed by atoms with E-state index in [1.165, 1.54) is 0 Å². The molecule has 2 aliphatic heterocycles. The van der Waals surface area contributed by atoms with E-state index in [1.807, 2.05) is 23.1 Å². The summed E-state index contributed by atoms with van der Waals surface area (Å²) in [5.74, 6) is 0.422. The number of hydrogen-bond donors (Lipinski definition) is 1. The second kappa shape index (κ2) is 6.93. The standard InChI is InChI=1S/C18H22N4O3/c23-17(16-4-8-20-21-16)22-12-18(13-22)14(6-10-25-18)5-9-24-11-15-3-1-2-7-19-15/h1-4,7-8,14H,5-6,9-13H2,(H,20,21)/t14-/m0/s1. The van der Waals surface area contributed by atoms with Crippen molar-refractivity contribution >= 4 is 5.91 Å². The number of nitrogens with zero attached hydrogens (tertiary/aromatic N) is 3. The lowest BCUT2D eigenvalue weighted by atomic mass is 9.79. The summed E-state index contributed by atoms with van der Waals surface area (Å²) in [6, 6.07) is 7.53. The van der Waals surface area contributed by atoms with Crippen molar-refractivity contribution in [1.82, 2.24) is 20.1 Å². The summed E-state index contributed by atoms with van der Waals surface area (Å²) in [4.78, 5) is 18.4. The van der Waals surface area contributed by atoms with E-state index in [0.717, 1.165) is 25.1 Å². The lowest BCUT2D eigenvalue weighted by Crippen LogP contribution is -2.66. The van der Waals surface area contributed by atoms with Crippen molar-refractivity contribution in [3.63, 3.8) is 0 Å². The molecule has 4 rings (SSSR count). The maximum atomic E-state index is 12.3. The highest BCUT2D eigenvalue weighted by molar-refractivity contribution is 5.93. The predicted molar refractivity (Wildman–Crippen MR) is 89.8 cm³/mol. The lowest BCUT2D eigenvalue weighted by molar-refractivity contribution is -0.120. The third kappa shape index (κ3) is 3.29. The minimum atomic E-state index is -0.190. The Kier molecular flexibility index (Phi) is 4.50. The van der Waals surface area contributed by atoms with Crippen LogP contribution in [0.1, 0.15) is 29.0 Å². The third-order valence-corrected chi connectivity index (χ3v) is 5.12. The summed E-state index contributed by atoms with van der Waals surface area (Å²) < 4.78 is 11.8. The molecule has 1 atom stereocenters. The van der Waals surface area contributed by atoms with Gasteiger partial charge in [0.15, 0.2) is 0 Å². The maximum absolute atomic E-state index is 12.3. The molecule has 1 N–H and O–H groups in total. The Hall–Kier alpha value is -2.25. The van der Waals surface area contributed by atoms with E-state index in [9.17, 15) is 4.79 Å². The number of nitrogens with one attached hydrogen (secondary N) is 1. The number of ether oxygens (including phenoxy) is 2. The average molecular weight is 342 g/mol. The van der Waals surface area contributed by atoms with Crippen molar-refractivity contribution in [3.05, 3.63) is 48.0 Å². The Morgan fingerprint density at radius 1 is 1.36 bits per heavy atom. The maximum Gasteiger partial charge on any atom is 0.272 e. The smallest absolute Gasteiger partial charge is 0.272 e. The molecule has 7 heteroatoms. The van der Waals surface area contributed by atoms with Crippen LogP contribution in [-0.2, 0) is 16.1 Å². The fourth-order valence-corrected chi connectivity index (χ4v) is 3.72. The van der Waals surface area contributed by atoms with E-state index in [1.54, 1.807) is 18.5 Å². The molecule has 2 fully saturated rings. The van der Waals surface area contributed by atoms with Crippen molar-refractivity contribution < 1.29 is 14.3 Å². The molecule has 0 bridgehead atoms. The fraction of sp³-hybridized carbons (Fsp3) is 0.500. The van der Waals surface area contributed by atoms with Crippen molar-refractivity contribution in [2.24, 2.45) is 5.92 Å². The Morgan fingerprint density at radius 3 is 3.04 bits per heavy atom. The van der Waals surface area contributed by atoms with Crippen LogP contribution in [0.5, 0.6) is 0 Å².